The van der Waals surface area contributed by atoms with Crippen molar-refractivity contribution >= 4 is 17.5 Å². The van der Waals surface area contributed by atoms with Gasteiger partial charge in [0, 0.05) is 39.3 Å². The summed E-state index contributed by atoms with van der Waals surface area (Å²) < 4.78 is 10.6. The summed E-state index contributed by atoms with van der Waals surface area (Å²) in [5.74, 6) is 0. The molecule has 0 spiro atoms. The number of ether oxygens (including phenoxy) is 2. The van der Waals surface area contributed by atoms with Crippen molar-refractivity contribution < 1.29 is 14.3 Å². The molecule has 1 saturated heterocycles. The molecule has 0 N–H and O–H groups in total. The fourth-order valence-corrected chi connectivity index (χ4v) is 3.13. The number of benzene rings is 1. The summed E-state index contributed by atoms with van der Waals surface area (Å²) in [7, 11) is 0. The lowest BCUT2D eigenvalue weighted by Gasteiger charge is -2.38. The van der Waals surface area contributed by atoms with Crippen LogP contribution in [0.1, 0.15) is 6.92 Å². The molecule has 0 radical (unpaired) electrons. The van der Waals surface area contributed by atoms with E-state index in [9.17, 15) is 4.79 Å². The summed E-state index contributed by atoms with van der Waals surface area (Å²) in [5.41, 5.74) is 2.05. The van der Waals surface area contributed by atoms with Gasteiger partial charge in [-0.1, -0.05) is 12.1 Å². The fourth-order valence-electron chi connectivity index (χ4n) is 3.13. The number of hydrogen-bond acceptors (Lipinski definition) is 5. The van der Waals surface area contributed by atoms with Gasteiger partial charge in [0.15, 0.2) is 0 Å². The molecule has 1 fully saturated rings. The van der Waals surface area contributed by atoms with Crippen LogP contribution in [0.5, 0.6) is 0 Å². The van der Waals surface area contributed by atoms with E-state index in [0.29, 0.717) is 13.2 Å². The van der Waals surface area contributed by atoms with Crippen molar-refractivity contribution in [2.75, 3.05) is 68.9 Å². The van der Waals surface area contributed by atoms with Crippen LogP contribution < -0.4 is 9.80 Å². The van der Waals surface area contributed by atoms with E-state index in [1.54, 1.807) is 4.90 Å². The number of amides is 1. The molecule has 0 saturated carbocycles. The minimum Gasteiger partial charge on any atom is -0.449 e. The van der Waals surface area contributed by atoms with Gasteiger partial charge >= 0.3 is 6.09 Å². The van der Waals surface area contributed by atoms with Crippen LogP contribution in [0.15, 0.2) is 24.3 Å². The van der Waals surface area contributed by atoms with Crippen molar-refractivity contribution in [3.8, 4) is 0 Å². The SMILES string of the molecule is CCOC(=O)N1CCN(CCN2CCOCC2)c2ccccc21. The van der Waals surface area contributed by atoms with E-state index in [2.05, 4.69) is 15.9 Å². The van der Waals surface area contributed by atoms with Crippen LogP contribution in [-0.2, 0) is 9.47 Å². The summed E-state index contributed by atoms with van der Waals surface area (Å²) >= 11 is 0. The number of morpholine rings is 1. The van der Waals surface area contributed by atoms with Gasteiger partial charge in [0.25, 0.3) is 0 Å². The zero-order valence-corrected chi connectivity index (χ0v) is 13.7. The van der Waals surface area contributed by atoms with Crippen molar-refractivity contribution in [2.24, 2.45) is 0 Å². The molecular formula is C17H25N3O3. The Morgan fingerprint density at radius 3 is 2.57 bits per heavy atom. The number of carbonyl (C=O) groups excluding carboxylic acids is 1. The third kappa shape index (κ3) is 3.76. The second-order valence-electron chi connectivity index (χ2n) is 5.78. The van der Waals surface area contributed by atoms with Gasteiger partial charge in [0.1, 0.15) is 0 Å². The molecule has 0 bridgehead atoms. The second kappa shape index (κ2) is 7.66. The zero-order chi connectivity index (χ0) is 16.1. The van der Waals surface area contributed by atoms with Gasteiger partial charge in [0.2, 0.25) is 0 Å². The molecule has 6 heteroatoms. The van der Waals surface area contributed by atoms with Crippen LogP contribution in [0, 0.1) is 0 Å². The Hall–Kier alpha value is -1.79. The molecule has 126 valence electrons. The molecule has 3 rings (SSSR count). The third-order valence-electron chi connectivity index (χ3n) is 4.38. The molecular weight excluding hydrogens is 294 g/mol. The number of para-hydroxylation sites is 2. The number of nitrogens with zero attached hydrogens (tertiary/aromatic N) is 3. The van der Waals surface area contributed by atoms with E-state index < -0.39 is 0 Å². The number of hydrogen-bond donors (Lipinski definition) is 0. The van der Waals surface area contributed by atoms with Crippen molar-refractivity contribution in [1.82, 2.24) is 4.90 Å². The number of carbonyl (C=O) groups is 1. The molecule has 1 aromatic rings. The predicted molar refractivity (Wildman–Crippen MR) is 90.3 cm³/mol. The molecule has 0 atom stereocenters. The molecule has 1 aromatic carbocycles. The summed E-state index contributed by atoms with van der Waals surface area (Å²) in [6.45, 7) is 9.39. The average molecular weight is 319 g/mol. The molecule has 23 heavy (non-hydrogen) atoms. The maximum atomic E-state index is 12.1. The molecule has 6 nitrogen and oxygen atoms in total. The number of anilines is 2. The smallest absolute Gasteiger partial charge is 0.414 e. The monoisotopic (exact) mass is 319 g/mol. The second-order valence-corrected chi connectivity index (χ2v) is 5.78. The Morgan fingerprint density at radius 1 is 1.09 bits per heavy atom. The average Bonchev–Trinajstić information content (AvgIpc) is 2.60. The van der Waals surface area contributed by atoms with E-state index in [0.717, 1.165) is 57.3 Å². The lowest BCUT2D eigenvalue weighted by atomic mass is 10.1. The normalized spacial score (nSPS) is 18.7. The van der Waals surface area contributed by atoms with Gasteiger partial charge in [-0.25, -0.2) is 4.79 Å². The van der Waals surface area contributed by atoms with Crippen LogP contribution in [-0.4, -0.2) is 70.1 Å². The highest BCUT2D eigenvalue weighted by Gasteiger charge is 2.27. The zero-order valence-electron chi connectivity index (χ0n) is 13.7. The third-order valence-corrected chi connectivity index (χ3v) is 4.38. The van der Waals surface area contributed by atoms with Crippen LogP contribution in [0.25, 0.3) is 0 Å². The highest BCUT2D eigenvalue weighted by Crippen LogP contribution is 2.33. The van der Waals surface area contributed by atoms with E-state index in [4.69, 9.17) is 9.47 Å². The molecule has 2 aliphatic rings. The maximum Gasteiger partial charge on any atom is 0.414 e. The largest absolute Gasteiger partial charge is 0.449 e. The summed E-state index contributed by atoms with van der Waals surface area (Å²) in [6, 6.07) is 8.07. The number of fused-ring (bicyclic) bond motifs is 1. The molecule has 2 heterocycles. The minimum atomic E-state index is -0.257. The van der Waals surface area contributed by atoms with E-state index in [1.165, 1.54) is 0 Å². The van der Waals surface area contributed by atoms with Crippen LogP contribution in [0.3, 0.4) is 0 Å². The summed E-state index contributed by atoms with van der Waals surface area (Å²) in [4.78, 5) is 18.7. The Kier molecular flexibility index (Phi) is 5.35. The maximum absolute atomic E-state index is 12.1. The molecule has 0 aliphatic carbocycles. The lowest BCUT2D eigenvalue weighted by molar-refractivity contribution is 0.0391. The first-order valence-corrected chi connectivity index (χ1v) is 8.38. The van der Waals surface area contributed by atoms with Crippen molar-refractivity contribution in [3.63, 3.8) is 0 Å². The van der Waals surface area contributed by atoms with E-state index >= 15 is 0 Å². The highest BCUT2D eigenvalue weighted by atomic mass is 16.6. The Morgan fingerprint density at radius 2 is 1.83 bits per heavy atom. The summed E-state index contributed by atoms with van der Waals surface area (Å²) in [5, 5.41) is 0. The van der Waals surface area contributed by atoms with Crippen molar-refractivity contribution in [3.05, 3.63) is 24.3 Å². The quantitative estimate of drug-likeness (QED) is 0.847. The lowest BCUT2D eigenvalue weighted by Crippen LogP contribution is -2.47. The molecule has 2 aliphatic heterocycles. The van der Waals surface area contributed by atoms with E-state index in [1.807, 2.05) is 25.1 Å². The van der Waals surface area contributed by atoms with Gasteiger partial charge in [0.05, 0.1) is 31.2 Å². The Labute approximate surface area is 137 Å². The first kappa shape index (κ1) is 16.1. The van der Waals surface area contributed by atoms with Gasteiger partial charge in [-0.3, -0.25) is 9.80 Å². The van der Waals surface area contributed by atoms with E-state index in [-0.39, 0.29) is 6.09 Å². The first-order valence-electron chi connectivity index (χ1n) is 8.38. The standard InChI is InChI=1S/C17H25N3O3/c1-2-23-17(21)20-10-9-19(15-5-3-4-6-16(15)20)8-7-18-11-13-22-14-12-18/h3-6H,2,7-14H2,1H3. The van der Waals surface area contributed by atoms with Gasteiger partial charge in [-0.05, 0) is 19.1 Å². The Bertz CT molecular complexity index is 532. The molecule has 1 amide bonds. The molecule has 0 aromatic heterocycles. The van der Waals surface area contributed by atoms with Crippen LogP contribution in [0.2, 0.25) is 0 Å². The first-order chi connectivity index (χ1) is 11.3. The topological polar surface area (TPSA) is 45.2 Å². The van der Waals surface area contributed by atoms with Gasteiger partial charge in [-0.15, -0.1) is 0 Å². The molecule has 0 unspecified atom stereocenters. The minimum absolute atomic E-state index is 0.257. The van der Waals surface area contributed by atoms with Gasteiger partial charge in [-0.2, -0.15) is 0 Å². The van der Waals surface area contributed by atoms with Crippen LogP contribution in [0.4, 0.5) is 16.2 Å². The Balaban J connectivity index is 1.68. The van der Waals surface area contributed by atoms with Crippen molar-refractivity contribution in [1.29, 1.82) is 0 Å². The fraction of sp³-hybridized carbons (Fsp3) is 0.588. The number of rotatable bonds is 4. The van der Waals surface area contributed by atoms with Crippen molar-refractivity contribution in [2.45, 2.75) is 6.92 Å². The van der Waals surface area contributed by atoms with Crippen LogP contribution >= 0.6 is 0 Å². The predicted octanol–water partition coefficient (Wildman–Crippen LogP) is 1.80. The highest BCUT2D eigenvalue weighted by molar-refractivity contribution is 5.93. The van der Waals surface area contributed by atoms with Gasteiger partial charge < -0.3 is 14.4 Å². The summed E-state index contributed by atoms with van der Waals surface area (Å²) in [6.07, 6.45) is -0.257.